The molecule has 0 aliphatic heterocycles. The first kappa shape index (κ1) is 12.2. The molecule has 0 saturated heterocycles. The van der Waals surface area contributed by atoms with Crippen molar-refractivity contribution in [2.75, 3.05) is 0 Å². The molecule has 2 aromatic heterocycles. The van der Waals surface area contributed by atoms with Gasteiger partial charge in [0.25, 0.3) is 0 Å². The van der Waals surface area contributed by atoms with Gasteiger partial charge in [-0.2, -0.15) is 0 Å². The van der Waals surface area contributed by atoms with Gasteiger partial charge in [-0.25, -0.2) is 4.98 Å². The Morgan fingerprint density at radius 2 is 1.75 bits per heavy atom. The number of hydrogen-bond acceptors (Lipinski definition) is 3. The van der Waals surface area contributed by atoms with Gasteiger partial charge in [-0.05, 0) is 36.4 Å². The van der Waals surface area contributed by atoms with E-state index in [9.17, 15) is 4.79 Å². The normalized spacial score (nSPS) is 11.0. The first-order chi connectivity index (χ1) is 9.83. The lowest BCUT2D eigenvalue weighted by molar-refractivity contribution is 0.104. The van der Waals surface area contributed by atoms with Crippen molar-refractivity contribution in [1.82, 2.24) is 9.97 Å². The standard InChI is InChI=1S/C17H12N2O/c20-17(14-9-11-18-12-10-14)8-7-15-6-5-13-3-1-2-4-16(13)19-15/h1-12H/b8-7-. The minimum Gasteiger partial charge on any atom is -0.289 e. The molecular weight excluding hydrogens is 248 g/mol. The van der Waals surface area contributed by atoms with Crippen LogP contribution in [0.5, 0.6) is 0 Å². The van der Waals surface area contributed by atoms with Crippen LogP contribution in [-0.2, 0) is 0 Å². The summed E-state index contributed by atoms with van der Waals surface area (Å²) < 4.78 is 0. The van der Waals surface area contributed by atoms with Gasteiger partial charge in [0.2, 0.25) is 0 Å². The third-order valence-electron chi connectivity index (χ3n) is 2.99. The molecular formula is C17H12N2O. The summed E-state index contributed by atoms with van der Waals surface area (Å²) in [5.74, 6) is -0.0534. The molecule has 2 heterocycles. The lowest BCUT2D eigenvalue weighted by Crippen LogP contribution is -1.94. The Hall–Kier alpha value is -2.81. The molecule has 3 nitrogen and oxygen atoms in total. The highest BCUT2D eigenvalue weighted by Crippen LogP contribution is 2.12. The lowest BCUT2D eigenvalue weighted by Gasteiger charge is -1.98. The number of carbonyl (C=O) groups is 1. The summed E-state index contributed by atoms with van der Waals surface area (Å²) in [4.78, 5) is 20.3. The fourth-order valence-electron chi connectivity index (χ4n) is 1.95. The molecule has 0 amide bonds. The Morgan fingerprint density at radius 3 is 2.60 bits per heavy atom. The predicted octanol–water partition coefficient (Wildman–Crippen LogP) is 3.53. The molecule has 3 aromatic rings. The number of ketones is 1. The number of para-hydroxylation sites is 1. The molecule has 20 heavy (non-hydrogen) atoms. The van der Waals surface area contributed by atoms with E-state index in [2.05, 4.69) is 9.97 Å². The number of pyridine rings is 2. The molecule has 0 aliphatic carbocycles. The van der Waals surface area contributed by atoms with E-state index in [0.717, 1.165) is 16.6 Å². The topological polar surface area (TPSA) is 42.9 Å². The monoisotopic (exact) mass is 260 g/mol. The average molecular weight is 260 g/mol. The summed E-state index contributed by atoms with van der Waals surface area (Å²) in [7, 11) is 0. The molecule has 3 heteroatoms. The van der Waals surface area contributed by atoms with E-state index in [0.29, 0.717) is 5.56 Å². The lowest BCUT2D eigenvalue weighted by atomic mass is 10.1. The largest absolute Gasteiger partial charge is 0.289 e. The van der Waals surface area contributed by atoms with E-state index >= 15 is 0 Å². The van der Waals surface area contributed by atoms with Crippen LogP contribution in [0.4, 0.5) is 0 Å². The third-order valence-corrected chi connectivity index (χ3v) is 2.99. The van der Waals surface area contributed by atoms with Gasteiger partial charge in [-0.1, -0.05) is 24.3 Å². The van der Waals surface area contributed by atoms with Gasteiger partial charge in [0.15, 0.2) is 5.78 Å². The van der Waals surface area contributed by atoms with Gasteiger partial charge in [0, 0.05) is 23.3 Å². The Bertz CT molecular complexity index is 779. The van der Waals surface area contributed by atoms with E-state index in [-0.39, 0.29) is 5.78 Å². The van der Waals surface area contributed by atoms with E-state index < -0.39 is 0 Å². The maximum Gasteiger partial charge on any atom is 0.186 e. The van der Waals surface area contributed by atoms with E-state index in [1.54, 1.807) is 30.6 Å². The second-order valence-electron chi connectivity index (χ2n) is 4.36. The van der Waals surface area contributed by atoms with Crippen molar-refractivity contribution in [3.63, 3.8) is 0 Å². The molecule has 0 unspecified atom stereocenters. The highest BCUT2D eigenvalue weighted by Gasteiger charge is 2.00. The molecule has 0 N–H and O–H groups in total. The van der Waals surface area contributed by atoms with Crippen molar-refractivity contribution in [1.29, 1.82) is 0 Å². The number of carbonyl (C=O) groups excluding carboxylic acids is 1. The first-order valence-corrected chi connectivity index (χ1v) is 6.31. The number of nitrogens with zero attached hydrogens (tertiary/aromatic N) is 2. The van der Waals surface area contributed by atoms with Crippen LogP contribution < -0.4 is 0 Å². The summed E-state index contributed by atoms with van der Waals surface area (Å²) in [6.07, 6.45) is 6.48. The van der Waals surface area contributed by atoms with Crippen molar-refractivity contribution in [2.45, 2.75) is 0 Å². The second kappa shape index (κ2) is 5.45. The Labute approximate surface area is 116 Å². The van der Waals surface area contributed by atoms with Gasteiger partial charge in [-0.15, -0.1) is 0 Å². The zero-order valence-corrected chi connectivity index (χ0v) is 10.7. The van der Waals surface area contributed by atoms with Gasteiger partial charge in [0.05, 0.1) is 11.2 Å². The molecule has 3 rings (SSSR count). The van der Waals surface area contributed by atoms with Crippen molar-refractivity contribution in [2.24, 2.45) is 0 Å². The van der Waals surface area contributed by atoms with Crippen LogP contribution in [0.2, 0.25) is 0 Å². The van der Waals surface area contributed by atoms with Gasteiger partial charge in [-0.3, -0.25) is 9.78 Å². The summed E-state index contributed by atoms with van der Waals surface area (Å²) in [6.45, 7) is 0. The smallest absolute Gasteiger partial charge is 0.186 e. The molecule has 0 saturated carbocycles. The van der Waals surface area contributed by atoms with Crippen LogP contribution in [0.3, 0.4) is 0 Å². The number of fused-ring (bicyclic) bond motifs is 1. The molecule has 0 radical (unpaired) electrons. The Balaban J connectivity index is 1.85. The maximum atomic E-state index is 11.9. The molecule has 0 atom stereocenters. The predicted molar refractivity (Wildman–Crippen MR) is 79.3 cm³/mol. The number of aromatic nitrogens is 2. The number of benzene rings is 1. The summed E-state index contributed by atoms with van der Waals surface area (Å²) in [6, 6.07) is 15.2. The summed E-state index contributed by atoms with van der Waals surface area (Å²) in [5.41, 5.74) is 2.31. The van der Waals surface area contributed by atoms with Crippen LogP contribution in [0.1, 0.15) is 16.1 Å². The number of hydrogen-bond donors (Lipinski definition) is 0. The van der Waals surface area contributed by atoms with E-state index in [1.807, 2.05) is 36.4 Å². The van der Waals surface area contributed by atoms with Crippen LogP contribution in [-0.4, -0.2) is 15.8 Å². The SMILES string of the molecule is O=C(/C=C\c1ccc2ccccc2n1)c1ccncc1. The van der Waals surface area contributed by atoms with Crippen LogP contribution >= 0.6 is 0 Å². The molecule has 0 bridgehead atoms. The highest BCUT2D eigenvalue weighted by atomic mass is 16.1. The van der Waals surface area contributed by atoms with Gasteiger partial charge >= 0.3 is 0 Å². The quantitative estimate of drug-likeness (QED) is 0.534. The van der Waals surface area contributed by atoms with Crippen molar-refractivity contribution in [3.05, 3.63) is 78.3 Å². The second-order valence-corrected chi connectivity index (χ2v) is 4.36. The van der Waals surface area contributed by atoms with Gasteiger partial charge in [0.1, 0.15) is 0 Å². The number of allylic oxidation sites excluding steroid dienone is 1. The van der Waals surface area contributed by atoms with Crippen molar-refractivity contribution in [3.8, 4) is 0 Å². The van der Waals surface area contributed by atoms with Crippen molar-refractivity contribution >= 4 is 22.8 Å². The maximum absolute atomic E-state index is 11.9. The van der Waals surface area contributed by atoms with E-state index in [1.165, 1.54) is 6.08 Å². The first-order valence-electron chi connectivity index (χ1n) is 6.31. The van der Waals surface area contributed by atoms with Crippen LogP contribution in [0.25, 0.3) is 17.0 Å². The fraction of sp³-hybridized carbons (Fsp3) is 0. The Morgan fingerprint density at radius 1 is 0.950 bits per heavy atom. The zero-order valence-electron chi connectivity index (χ0n) is 10.7. The van der Waals surface area contributed by atoms with Crippen molar-refractivity contribution < 1.29 is 4.79 Å². The minimum absolute atomic E-state index is 0.0534. The molecule has 96 valence electrons. The average Bonchev–Trinajstić information content (AvgIpc) is 2.53. The molecule has 1 aromatic carbocycles. The zero-order chi connectivity index (χ0) is 13.8. The third kappa shape index (κ3) is 2.62. The fourth-order valence-corrected chi connectivity index (χ4v) is 1.95. The number of rotatable bonds is 3. The molecule has 0 aliphatic rings. The highest BCUT2D eigenvalue weighted by molar-refractivity contribution is 6.06. The van der Waals surface area contributed by atoms with Crippen LogP contribution in [0.15, 0.2) is 67.0 Å². The summed E-state index contributed by atoms with van der Waals surface area (Å²) >= 11 is 0. The Kier molecular flexibility index (Phi) is 3.33. The van der Waals surface area contributed by atoms with E-state index in [4.69, 9.17) is 0 Å². The summed E-state index contributed by atoms with van der Waals surface area (Å²) in [5, 5.41) is 1.09. The molecule has 0 spiro atoms. The van der Waals surface area contributed by atoms with Crippen LogP contribution in [0, 0.1) is 0 Å². The minimum atomic E-state index is -0.0534. The molecule has 0 fully saturated rings. The van der Waals surface area contributed by atoms with Gasteiger partial charge < -0.3 is 0 Å².